The summed E-state index contributed by atoms with van der Waals surface area (Å²) in [7, 11) is 0. The van der Waals surface area contributed by atoms with Crippen LogP contribution in [0.3, 0.4) is 0 Å². The Morgan fingerprint density at radius 1 is 1.21 bits per heavy atom. The van der Waals surface area contributed by atoms with Crippen molar-refractivity contribution in [1.82, 2.24) is 9.88 Å². The monoisotopic (exact) mass is 326 g/mol. The number of fused-ring (bicyclic) bond motifs is 2. The maximum absolute atomic E-state index is 12.5. The Morgan fingerprint density at radius 3 is 2.88 bits per heavy atom. The average Bonchev–Trinajstić information content (AvgIpc) is 3.22. The molecule has 3 aromatic rings. The van der Waals surface area contributed by atoms with Crippen molar-refractivity contribution in [1.29, 1.82) is 0 Å². The molecule has 0 spiro atoms. The molecule has 4 rings (SSSR count). The van der Waals surface area contributed by atoms with Crippen molar-refractivity contribution in [2.75, 3.05) is 6.79 Å². The molecule has 1 N–H and O–H groups in total. The van der Waals surface area contributed by atoms with Crippen LogP contribution in [-0.4, -0.2) is 23.3 Å². The molecule has 0 bridgehead atoms. The van der Waals surface area contributed by atoms with Crippen LogP contribution in [0.1, 0.15) is 29.9 Å². The average molecular weight is 326 g/mol. The van der Waals surface area contributed by atoms with Gasteiger partial charge in [-0.05, 0) is 31.5 Å². The van der Waals surface area contributed by atoms with Crippen LogP contribution >= 0.6 is 0 Å². The Labute approximate surface area is 139 Å². The summed E-state index contributed by atoms with van der Waals surface area (Å²) in [4.78, 5) is 12.5. The van der Waals surface area contributed by atoms with E-state index in [0.717, 1.165) is 22.6 Å². The van der Waals surface area contributed by atoms with Crippen molar-refractivity contribution >= 4 is 17.0 Å². The fourth-order valence-corrected chi connectivity index (χ4v) is 2.89. The number of rotatable bonds is 4. The van der Waals surface area contributed by atoms with Crippen molar-refractivity contribution in [2.24, 2.45) is 0 Å². The third-order valence-electron chi connectivity index (χ3n) is 3.95. The minimum Gasteiger partial charge on any atom is -0.463 e. The van der Waals surface area contributed by atoms with E-state index in [1.165, 1.54) is 0 Å². The first-order valence-electron chi connectivity index (χ1n) is 7.88. The molecule has 0 aliphatic carbocycles. The smallest absolute Gasteiger partial charge is 0.268 e. The van der Waals surface area contributed by atoms with E-state index in [4.69, 9.17) is 13.9 Å². The lowest BCUT2D eigenvalue weighted by molar-refractivity contribution is 0.0934. The zero-order valence-corrected chi connectivity index (χ0v) is 13.5. The Bertz CT molecular complexity index is 907. The number of amides is 1. The van der Waals surface area contributed by atoms with Crippen molar-refractivity contribution in [3.63, 3.8) is 0 Å². The van der Waals surface area contributed by atoms with E-state index >= 15 is 0 Å². The van der Waals surface area contributed by atoms with Crippen LogP contribution in [0, 0.1) is 0 Å². The van der Waals surface area contributed by atoms with Crippen molar-refractivity contribution < 1.29 is 18.7 Å². The summed E-state index contributed by atoms with van der Waals surface area (Å²) in [5.41, 5.74) is 3.19. The van der Waals surface area contributed by atoms with Gasteiger partial charge in [0.05, 0.1) is 11.8 Å². The summed E-state index contributed by atoms with van der Waals surface area (Å²) in [5.74, 6) is 1.37. The van der Waals surface area contributed by atoms with E-state index in [9.17, 15) is 4.79 Å². The van der Waals surface area contributed by atoms with Crippen LogP contribution in [0.25, 0.3) is 11.1 Å². The molecule has 124 valence electrons. The van der Waals surface area contributed by atoms with Crippen molar-refractivity contribution in [2.45, 2.75) is 26.4 Å². The fourth-order valence-electron chi connectivity index (χ4n) is 2.89. The van der Waals surface area contributed by atoms with Crippen LogP contribution in [-0.2, 0) is 6.54 Å². The summed E-state index contributed by atoms with van der Waals surface area (Å²) in [5, 5.41) is 2.93. The topological polar surface area (TPSA) is 65.6 Å². The molecule has 0 saturated heterocycles. The molecule has 3 heterocycles. The van der Waals surface area contributed by atoms with E-state index in [2.05, 4.69) is 5.32 Å². The zero-order valence-electron chi connectivity index (χ0n) is 13.5. The summed E-state index contributed by atoms with van der Waals surface area (Å²) in [6, 6.07) is 9.52. The third kappa shape index (κ3) is 2.50. The highest BCUT2D eigenvalue weighted by atomic mass is 16.7. The quantitative estimate of drug-likeness (QED) is 0.800. The minimum atomic E-state index is -0.114. The normalized spacial score (nSPS) is 13.0. The van der Waals surface area contributed by atoms with Gasteiger partial charge in [0.25, 0.3) is 5.91 Å². The van der Waals surface area contributed by atoms with Gasteiger partial charge < -0.3 is 23.8 Å². The van der Waals surface area contributed by atoms with E-state index in [1.54, 1.807) is 12.3 Å². The maximum Gasteiger partial charge on any atom is 0.268 e. The lowest BCUT2D eigenvalue weighted by Gasteiger charge is -2.12. The van der Waals surface area contributed by atoms with Gasteiger partial charge in [0, 0.05) is 24.7 Å². The van der Waals surface area contributed by atoms with Gasteiger partial charge >= 0.3 is 0 Å². The minimum absolute atomic E-state index is 0.0673. The number of nitrogens with zero attached hydrogens (tertiary/aromatic N) is 1. The molecule has 0 unspecified atom stereocenters. The van der Waals surface area contributed by atoms with Crippen LogP contribution in [0.2, 0.25) is 0 Å². The lowest BCUT2D eigenvalue weighted by atomic mass is 10.2. The number of benzene rings is 1. The largest absolute Gasteiger partial charge is 0.463 e. The SMILES string of the molecule is CC(C)NC(=O)c1cc2occc2n1Cc1ccc2c(c1)OCO2. The summed E-state index contributed by atoms with van der Waals surface area (Å²) >= 11 is 0. The standard InChI is InChI=1S/C18H18N2O4/c1-11(2)19-18(21)14-8-16-13(5-6-22-16)20(14)9-12-3-4-15-17(7-12)24-10-23-15/h3-8,11H,9-10H2,1-2H3,(H,19,21). The molecule has 6 heteroatoms. The third-order valence-corrected chi connectivity index (χ3v) is 3.95. The highest BCUT2D eigenvalue weighted by Crippen LogP contribution is 2.33. The molecule has 0 fully saturated rings. The highest BCUT2D eigenvalue weighted by molar-refractivity contribution is 5.97. The van der Waals surface area contributed by atoms with Gasteiger partial charge in [-0.1, -0.05) is 6.07 Å². The number of furan rings is 1. The first-order chi connectivity index (χ1) is 11.6. The van der Waals surface area contributed by atoms with E-state index in [-0.39, 0.29) is 18.7 Å². The number of ether oxygens (including phenoxy) is 2. The van der Waals surface area contributed by atoms with Gasteiger partial charge in [0.1, 0.15) is 5.69 Å². The maximum atomic E-state index is 12.5. The molecule has 6 nitrogen and oxygen atoms in total. The second-order valence-electron chi connectivity index (χ2n) is 6.10. The van der Waals surface area contributed by atoms with Gasteiger partial charge in [-0.2, -0.15) is 0 Å². The molecule has 1 amide bonds. The zero-order chi connectivity index (χ0) is 16.7. The molecule has 1 aliphatic rings. The molecule has 0 saturated carbocycles. The molecule has 0 radical (unpaired) electrons. The Hall–Kier alpha value is -2.89. The van der Waals surface area contributed by atoms with Crippen LogP contribution in [0.15, 0.2) is 41.0 Å². The number of carbonyl (C=O) groups excluding carboxylic acids is 1. The van der Waals surface area contributed by atoms with Gasteiger partial charge in [-0.25, -0.2) is 0 Å². The number of aromatic nitrogens is 1. The van der Waals surface area contributed by atoms with Gasteiger partial charge in [-0.3, -0.25) is 4.79 Å². The Morgan fingerprint density at radius 2 is 2.04 bits per heavy atom. The first kappa shape index (κ1) is 14.7. The predicted octanol–water partition coefficient (Wildman–Crippen LogP) is 3.15. The summed E-state index contributed by atoms with van der Waals surface area (Å²) < 4.78 is 18.2. The Balaban J connectivity index is 1.72. The molecule has 1 aliphatic heterocycles. The number of hydrogen-bond acceptors (Lipinski definition) is 4. The van der Waals surface area contributed by atoms with Crippen LogP contribution in [0.4, 0.5) is 0 Å². The summed E-state index contributed by atoms with van der Waals surface area (Å²) in [6.45, 7) is 4.66. The second kappa shape index (κ2) is 5.63. The highest BCUT2D eigenvalue weighted by Gasteiger charge is 2.19. The number of hydrogen-bond donors (Lipinski definition) is 1. The van der Waals surface area contributed by atoms with Crippen molar-refractivity contribution in [3.05, 3.63) is 47.9 Å². The van der Waals surface area contributed by atoms with E-state index in [0.29, 0.717) is 17.8 Å². The van der Waals surface area contributed by atoms with Gasteiger partial charge in [0.2, 0.25) is 6.79 Å². The lowest BCUT2D eigenvalue weighted by Crippen LogP contribution is -2.31. The fraction of sp³-hybridized carbons (Fsp3) is 0.278. The van der Waals surface area contributed by atoms with Crippen molar-refractivity contribution in [3.8, 4) is 11.5 Å². The molecular weight excluding hydrogens is 308 g/mol. The summed E-state index contributed by atoms with van der Waals surface area (Å²) in [6.07, 6.45) is 1.63. The molecule has 24 heavy (non-hydrogen) atoms. The van der Waals surface area contributed by atoms with Crippen LogP contribution < -0.4 is 14.8 Å². The molecule has 2 aromatic heterocycles. The second-order valence-corrected chi connectivity index (χ2v) is 6.10. The first-order valence-corrected chi connectivity index (χ1v) is 7.88. The van der Waals surface area contributed by atoms with Crippen LogP contribution in [0.5, 0.6) is 11.5 Å². The van der Waals surface area contributed by atoms with E-state index in [1.807, 2.05) is 42.7 Å². The molecular formula is C18H18N2O4. The molecule has 1 aromatic carbocycles. The molecule has 0 atom stereocenters. The predicted molar refractivity (Wildman–Crippen MR) is 88.5 cm³/mol. The van der Waals surface area contributed by atoms with Gasteiger partial charge in [0.15, 0.2) is 17.1 Å². The van der Waals surface area contributed by atoms with Gasteiger partial charge in [-0.15, -0.1) is 0 Å². The Kier molecular flexibility index (Phi) is 3.45. The number of nitrogens with one attached hydrogen (secondary N) is 1. The number of carbonyl (C=O) groups is 1. The van der Waals surface area contributed by atoms with E-state index < -0.39 is 0 Å².